The van der Waals surface area contributed by atoms with Crippen LogP contribution in [0.3, 0.4) is 0 Å². The Balaban J connectivity index is 2.96. The molecule has 2 aromatic carbocycles. The fraction of sp³-hybridized carbons (Fsp3) is 0.0526. The molecule has 138 valence electrons. The Bertz CT molecular complexity index is 944. The van der Waals surface area contributed by atoms with Gasteiger partial charge in [-0.05, 0) is 17.2 Å². The lowest BCUT2D eigenvalue weighted by Crippen LogP contribution is -2.21. The molecule has 3 N–H and O–H groups in total. The van der Waals surface area contributed by atoms with Crippen molar-refractivity contribution in [1.29, 1.82) is 0 Å². The van der Waals surface area contributed by atoms with Crippen LogP contribution >= 0.6 is 0 Å². The first-order valence-electron chi connectivity index (χ1n) is 7.53. The molecule has 0 heterocycles. The molecule has 0 aliphatic rings. The first kappa shape index (κ1) is 19.4. The number of benzene rings is 2. The average Bonchev–Trinajstić information content (AvgIpc) is 2.64. The van der Waals surface area contributed by atoms with E-state index in [2.05, 4.69) is 6.58 Å². The summed E-state index contributed by atoms with van der Waals surface area (Å²) in [6, 6.07) is 8.86. The van der Waals surface area contributed by atoms with Crippen molar-refractivity contribution in [3.8, 4) is 11.1 Å². The number of carbonyl (C=O) groups is 4. The summed E-state index contributed by atoms with van der Waals surface area (Å²) < 4.78 is 4.83. The monoisotopic (exact) mass is 370 g/mol. The minimum Gasteiger partial charge on any atom is -0.478 e. The lowest BCUT2D eigenvalue weighted by molar-refractivity contribution is 0.0533. The second-order valence-corrected chi connectivity index (χ2v) is 5.27. The van der Waals surface area contributed by atoms with E-state index in [4.69, 9.17) is 4.74 Å². The molecule has 0 radical (unpaired) electrons. The van der Waals surface area contributed by atoms with E-state index < -0.39 is 46.1 Å². The molecule has 0 atom stereocenters. The standard InChI is InChI=1S/C19H14O8/c1-2-8-27-19(26)12-9-11(10-6-4-3-5-7-10)13(16(20)21)15(18(24)25)14(12)17(22)23/h2-7,9H,1,8H2,(H,20,21)(H,22,23)(H,24,25). The summed E-state index contributed by atoms with van der Waals surface area (Å²) >= 11 is 0. The van der Waals surface area contributed by atoms with Crippen LogP contribution in [0.1, 0.15) is 41.4 Å². The quantitative estimate of drug-likeness (QED) is 0.499. The predicted octanol–water partition coefficient (Wildman–Crippen LogP) is 2.79. The number of carboxylic acid groups (broad SMARTS) is 3. The predicted molar refractivity (Wildman–Crippen MR) is 93.2 cm³/mol. The summed E-state index contributed by atoms with van der Waals surface area (Å²) in [6.07, 6.45) is 1.25. The third-order valence-electron chi connectivity index (χ3n) is 3.61. The molecule has 27 heavy (non-hydrogen) atoms. The lowest BCUT2D eigenvalue weighted by Gasteiger charge is -2.16. The van der Waals surface area contributed by atoms with E-state index in [1.165, 1.54) is 18.2 Å². The molecule has 8 nitrogen and oxygen atoms in total. The van der Waals surface area contributed by atoms with Gasteiger partial charge in [-0.2, -0.15) is 0 Å². The van der Waals surface area contributed by atoms with Gasteiger partial charge in [-0.1, -0.05) is 43.0 Å². The van der Waals surface area contributed by atoms with E-state index in [-0.39, 0.29) is 12.2 Å². The van der Waals surface area contributed by atoms with Crippen LogP contribution in [0.15, 0.2) is 49.1 Å². The molecule has 0 aliphatic heterocycles. The van der Waals surface area contributed by atoms with Crippen molar-refractivity contribution >= 4 is 23.9 Å². The Labute approximate surface area is 152 Å². The highest BCUT2D eigenvalue weighted by atomic mass is 16.5. The minimum atomic E-state index is -1.79. The van der Waals surface area contributed by atoms with E-state index in [0.717, 1.165) is 6.07 Å². The minimum absolute atomic E-state index is 0.115. The number of ether oxygens (including phenoxy) is 1. The lowest BCUT2D eigenvalue weighted by atomic mass is 9.88. The number of hydrogen-bond acceptors (Lipinski definition) is 5. The zero-order chi connectivity index (χ0) is 20.1. The van der Waals surface area contributed by atoms with Gasteiger partial charge in [0.2, 0.25) is 0 Å². The highest BCUT2D eigenvalue weighted by Gasteiger charge is 2.33. The van der Waals surface area contributed by atoms with Crippen molar-refractivity contribution in [3.05, 3.63) is 71.3 Å². The third-order valence-corrected chi connectivity index (χ3v) is 3.61. The Morgan fingerprint density at radius 3 is 1.93 bits per heavy atom. The SMILES string of the molecule is C=CCOC(=O)c1cc(-c2ccccc2)c(C(=O)O)c(C(=O)O)c1C(=O)O. The van der Waals surface area contributed by atoms with Crippen molar-refractivity contribution in [3.63, 3.8) is 0 Å². The smallest absolute Gasteiger partial charge is 0.339 e. The van der Waals surface area contributed by atoms with Crippen LogP contribution in [-0.2, 0) is 4.74 Å². The van der Waals surface area contributed by atoms with Crippen molar-refractivity contribution in [2.45, 2.75) is 0 Å². The second kappa shape index (κ2) is 7.96. The molecular weight excluding hydrogens is 356 g/mol. The molecule has 2 rings (SSSR count). The Kier molecular flexibility index (Phi) is 5.71. The van der Waals surface area contributed by atoms with Crippen LogP contribution in [0.25, 0.3) is 11.1 Å². The highest BCUT2D eigenvalue weighted by Crippen LogP contribution is 2.32. The van der Waals surface area contributed by atoms with Gasteiger partial charge in [0, 0.05) is 0 Å². The number of aromatic carboxylic acids is 3. The van der Waals surface area contributed by atoms with Crippen molar-refractivity contribution < 1.29 is 39.2 Å². The maximum absolute atomic E-state index is 12.3. The summed E-state index contributed by atoms with van der Waals surface area (Å²) in [5.41, 5.74) is -3.06. The first-order valence-corrected chi connectivity index (χ1v) is 7.53. The van der Waals surface area contributed by atoms with Crippen molar-refractivity contribution in [2.24, 2.45) is 0 Å². The summed E-state index contributed by atoms with van der Waals surface area (Å²) in [7, 11) is 0. The molecule has 0 aromatic heterocycles. The maximum atomic E-state index is 12.3. The largest absolute Gasteiger partial charge is 0.478 e. The van der Waals surface area contributed by atoms with Gasteiger partial charge in [-0.25, -0.2) is 19.2 Å². The summed E-state index contributed by atoms with van der Waals surface area (Å²) in [4.78, 5) is 47.4. The van der Waals surface area contributed by atoms with Gasteiger partial charge in [-0.15, -0.1) is 0 Å². The Morgan fingerprint density at radius 2 is 1.44 bits per heavy atom. The van der Waals surface area contributed by atoms with Gasteiger partial charge in [0.15, 0.2) is 0 Å². The van der Waals surface area contributed by atoms with Crippen molar-refractivity contribution in [1.82, 2.24) is 0 Å². The number of rotatable bonds is 7. The molecule has 0 saturated heterocycles. The van der Waals surface area contributed by atoms with E-state index in [1.807, 2.05) is 0 Å². The maximum Gasteiger partial charge on any atom is 0.339 e. The number of carboxylic acids is 3. The zero-order valence-electron chi connectivity index (χ0n) is 13.8. The summed E-state index contributed by atoms with van der Waals surface area (Å²) in [5.74, 6) is -6.30. The highest BCUT2D eigenvalue weighted by molar-refractivity contribution is 6.16. The summed E-state index contributed by atoms with van der Waals surface area (Å²) in [5, 5.41) is 28.5. The molecule has 0 fully saturated rings. The van der Waals surface area contributed by atoms with Crippen LogP contribution in [0.4, 0.5) is 0 Å². The second-order valence-electron chi connectivity index (χ2n) is 5.27. The first-order chi connectivity index (χ1) is 12.8. The van der Waals surface area contributed by atoms with Gasteiger partial charge in [-0.3, -0.25) is 0 Å². The van der Waals surface area contributed by atoms with E-state index in [1.54, 1.807) is 18.2 Å². The van der Waals surface area contributed by atoms with Crippen LogP contribution in [0.2, 0.25) is 0 Å². The van der Waals surface area contributed by atoms with Crippen LogP contribution in [-0.4, -0.2) is 45.8 Å². The number of hydrogen-bond donors (Lipinski definition) is 3. The van der Waals surface area contributed by atoms with Gasteiger partial charge in [0.25, 0.3) is 0 Å². The fourth-order valence-corrected chi connectivity index (χ4v) is 2.56. The topological polar surface area (TPSA) is 138 Å². The molecular formula is C19H14O8. The number of esters is 1. The molecule has 0 saturated carbocycles. The van der Waals surface area contributed by atoms with Crippen molar-refractivity contribution in [2.75, 3.05) is 6.61 Å². The van der Waals surface area contributed by atoms with E-state index in [0.29, 0.717) is 5.56 Å². The third kappa shape index (κ3) is 3.84. The number of carbonyl (C=O) groups excluding carboxylic acids is 1. The molecule has 0 spiro atoms. The van der Waals surface area contributed by atoms with Crippen LogP contribution < -0.4 is 0 Å². The van der Waals surface area contributed by atoms with Gasteiger partial charge in [0.1, 0.15) is 6.61 Å². The van der Waals surface area contributed by atoms with Crippen LogP contribution in [0.5, 0.6) is 0 Å². The normalized spacial score (nSPS) is 10.1. The summed E-state index contributed by atoms with van der Waals surface area (Å²) in [6.45, 7) is 3.13. The van der Waals surface area contributed by atoms with Gasteiger partial charge < -0.3 is 20.1 Å². The molecule has 0 unspecified atom stereocenters. The molecule has 0 amide bonds. The van der Waals surface area contributed by atoms with Gasteiger partial charge in [0.05, 0.1) is 22.3 Å². The molecule has 0 bridgehead atoms. The Hall–Kier alpha value is -3.94. The molecule has 2 aromatic rings. The van der Waals surface area contributed by atoms with E-state index in [9.17, 15) is 34.5 Å². The fourth-order valence-electron chi connectivity index (χ4n) is 2.56. The van der Waals surface area contributed by atoms with Gasteiger partial charge >= 0.3 is 23.9 Å². The van der Waals surface area contributed by atoms with Crippen LogP contribution in [0, 0.1) is 0 Å². The molecule has 0 aliphatic carbocycles. The zero-order valence-corrected chi connectivity index (χ0v) is 13.8. The Morgan fingerprint density at radius 1 is 0.889 bits per heavy atom. The molecule has 8 heteroatoms. The average molecular weight is 370 g/mol. The van der Waals surface area contributed by atoms with E-state index >= 15 is 0 Å².